The molecule has 136 valence electrons. The number of hydrogen-bond donors (Lipinski definition) is 1. The summed E-state index contributed by atoms with van der Waals surface area (Å²) in [7, 11) is 4.54. The molecule has 0 radical (unpaired) electrons. The lowest BCUT2D eigenvalue weighted by molar-refractivity contribution is 0.0609. The van der Waals surface area contributed by atoms with Gasteiger partial charge in [-0.15, -0.1) is 11.3 Å². The molecule has 0 saturated heterocycles. The van der Waals surface area contributed by atoms with Crippen molar-refractivity contribution in [3.8, 4) is 0 Å². The first-order chi connectivity index (χ1) is 12.6. The van der Waals surface area contributed by atoms with Crippen LogP contribution in [0.25, 0.3) is 10.9 Å². The quantitative estimate of drug-likeness (QED) is 0.606. The number of rotatable bonds is 2. The Balaban J connectivity index is 1.54. The number of H-pyrrole nitrogens is 1. The third-order valence-electron chi connectivity index (χ3n) is 7.30. The normalized spacial score (nSPS) is 28.7. The van der Waals surface area contributed by atoms with Gasteiger partial charge in [0.15, 0.2) is 0 Å². The highest BCUT2D eigenvalue weighted by Crippen LogP contribution is 2.54. The Bertz CT molecular complexity index is 911. The van der Waals surface area contributed by atoms with Gasteiger partial charge < -0.3 is 4.98 Å². The van der Waals surface area contributed by atoms with E-state index in [0.29, 0.717) is 5.41 Å². The smallest absolute Gasteiger partial charge is 0.0549 e. The molecule has 0 aliphatic heterocycles. The highest BCUT2D eigenvalue weighted by molar-refractivity contribution is 7.10. The van der Waals surface area contributed by atoms with Crippen molar-refractivity contribution in [3.63, 3.8) is 0 Å². The van der Waals surface area contributed by atoms with Crippen molar-refractivity contribution in [2.45, 2.75) is 55.9 Å². The van der Waals surface area contributed by atoms with Crippen LogP contribution in [-0.4, -0.2) is 24.0 Å². The van der Waals surface area contributed by atoms with E-state index in [2.05, 4.69) is 65.8 Å². The van der Waals surface area contributed by atoms with Crippen LogP contribution in [-0.2, 0) is 17.4 Å². The maximum atomic E-state index is 3.86. The molecular formula is C23H28N2S. The third kappa shape index (κ3) is 2.26. The van der Waals surface area contributed by atoms with Crippen molar-refractivity contribution in [1.82, 2.24) is 9.88 Å². The van der Waals surface area contributed by atoms with E-state index in [-0.39, 0.29) is 5.54 Å². The van der Waals surface area contributed by atoms with Crippen LogP contribution < -0.4 is 0 Å². The van der Waals surface area contributed by atoms with Crippen molar-refractivity contribution >= 4 is 22.2 Å². The molecule has 3 aromatic rings. The second kappa shape index (κ2) is 5.97. The third-order valence-corrected chi connectivity index (χ3v) is 8.36. The van der Waals surface area contributed by atoms with Crippen LogP contribution in [0.2, 0.25) is 0 Å². The monoisotopic (exact) mass is 364 g/mol. The van der Waals surface area contributed by atoms with E-state index in [0.717, 1.165) is 0 Å². The molecule has 1 aromatic carbocycles. The van der Waals surface area contributed by atoms with E-state index in [1.807, 2.05) is 11.3 Å². The van der Waals surface area contributed by atoms with Gasteiger partial charge in [0.1, 0.15) is 0 Å². The maximum absolute atomic E-state index is 3.86. The molecule has 3 heteroatoms. The van der Waals surface area contributed by atoms with E-state index in [9.17, 15) is 0 Å². The highest BCUT2D eigenvalue weighted by atomic mass is 32.1. The summed E-state index contributed by atoms with van der Waals surface area (Å²) in [5.41, 5.74) is 5.11. The Hall–Kier alpha value is -1.58. The zero-order valence-corrected chi connectivity index (χ0v) is 16.7. The lowest BCUT2D eigenvalue weighted by Gasteiger charge is -2.50. The van der Waals surface area contributed by atoms with E-state index in [1.165, 1.54) is 55.8 Å². The molecular weight excluding hydrogens is 336 g/mol. The summed E-state index contributed by atoms with van der Waals surface area (Å²) in [6, 6.07) is 13.5. The lowest BCUT2D eigenvalue weighted by Crippen LogP contribution is -2.48. The Labute approximate surface area is 160 Å². The van der Waals surface area contributed by atoms with E-state index in [4.69, 9.17) is 0 Å². The first-order valence-corrected chi connectivity index (χ1v) is 10.8. The molecule has 0 bridgehead atoms. The summed E-state index contributed by atoms with van der Waals surface area (Å²) < 4.78 is 0. The molecule has 0 unspecified atom stereocenters. The van der Waals surface area contributed by atoms with Crippen LogP contribution in [0.1, 0.15) is 54.7 Å². The van der Waals surface area contributed by atoms with Gasteiger partial charge in [0.2, 0.25) is 0 Å². The number of nitrogens with zero attached hydrogens (tertiary/aromatic N) is 1. The molecule has 5 rings (SSSR count). The number of aryl methyl sites for hydroxylation is 1. The Kier molecular flexibility index (Phi) is 3.81. The standard InChI is InChI=1S/C23H28N2S/c1-25(2)23(20-10-6-16-26-20)14-12-22(13-15-23)11-5-8-18-17-7-3-4-9-19(17)24-21(18)22/h3-4,6-7,9-10,16,24H,5,8,11-15H2,1-2H3. The summed E-state index contributed by atoms with van der Waals surface area (Å²) in [6.45, 7) is 0. The zero-order valence-electron chi connectivity index (χ0n) is 15.8. The summed E-state index contributed by atoms with van der Waals surface area (Å²) in [6.07, 6.45) is 9.03. The molecule has 26 heavy (non-hydrogen) atoms. The minimum absolute atomic E-state index is 0.225. The van der Waals surface area contributed by atoms with Gasteiger partial charge in [-0.3, -0.25) is 4.90 Å². The number of nitrogens with one attached hydrogen (secondary N) is 1. The van der Waals surface area contributed by atoms with E-state index in [1.54, 1.807) is 16.1 Å². The molecule has 0 amide bonds. The van der Waals surface area contributed by atoms with Crippen molar-refractivity contribution in [3.05, 3.63) is 57.9 Å². The molecule has 1 spiro atoms. The van der Waals surface area contributed by atoms with Gasteiger partial charge in [-0.05, 0) is 82.1 Å². The van der Waals surface area contributed by atoms with Gasteiger partial charge in [0, 0.05) is 26.9 Å². The molecule has 2 aliphatic carbocycles. The number of benzene rings is 1. The number of thiophene rings is 1. The Morgan fingerprint density at radius 1 is 0.962 bits per heavy atom. The van der Waals surface area contributed by atoms with E-state index < -0.39 is 0 Å². The Morgan fingerprint density at radius 2 is 1.77 bits per heavy atom. The van der Waals surface area contributed by atoms with Gasteiger partial charge in [0.05, 0.1) is 5.54 Å². The average Bonchev–Trinajstić information content (AvgIpc) is 3.31. The summed E-state index contributed by atoms with van der Waals surface area (Å²) in [5, 5.41) is 3.70. The fraction of sp³-hybridized carbons (Fsp3) is 0.478. The summed E-state index contributed by atoms with van der Waals surface area (Å²) >= 11 is 1.93. The maximum Gasteiger partial charge on any atom is 0.0549 e. The number of para-hydroxylation sites is 1. The molecule has 1 N–H and O–H groups in total. The number of aromatic amines is 1. The largest absolute Gasteiger partial charge is 0.358 e. The molecule has 2 aromatic heterocycles. The Morgan fingerprint density at radius 3 is 2.50 bits per heavy atom. The molecule has 0 atom stereocenters. The molecule has 2 heterocycles. The van der Waals surface area contributed by atoms with Crippen molar-refractivity contribution in [2.24, 2.45) is 0 Å². The van der Waals surface area contributed by atoms with Crippen LogP contribution >= 0.6 is 11.3 Å². The van der Waals surface area contributed by atoms with Crippen LogP contribution in [0.4, 0.5) is 0 Å². The number of hydrogen-bond acceptors (Lipinski definition) is 2. The minimum atomic E-state index is 0.225. The predicted octanol–water partition coefficient (Wildman–Crippen LogP) is 5.83. The highest BCUT2D eigenvalue weighted by Gasteiger charge is 2.48. The van der Waals surface area contributed by atoms with Gasteiger partial charge >= 0.3 is 0 Å². The fourth-order valence-electron chi connectivity index (χ4n) is 5.74. The van der Waals surface area contributed by atoms with Crippen LogP contribution in [0.5, 0.6) is 0 Å². The van der Waals surface area contributed by atoms with E-state index >= 15 is 0 Å². The molecule has 1 saturated carbocycles. The van der Waals surface area contributed by atoms with Crippen molar-refractivity contribution in [1.29, 1.82) is 0 Å². The van der Waals surface area contributed by atoms with Crippen LogP contribution in [0, 0.1) is 0 Å². The lowest BCUT2D eigenvalue weighted by atomic mass is 9.60. The zero-order chi connectivity index (χ0) is 17.8. The number of fused-ring (bicyclic) bond motifs is 4. The second-order valence-electron chi connectivity index (χ2n) is 8.56. The van der Waals surface area contributed by atoms with Gasteiger partial charge in [-0.1, -0.05) is 24.3 Å². The molecule has 1 fully saturated rings. The first kappa shape index (κ1) is 16.6. The van der Waals surface area contributed by atoms with Gasteiger partial charge in [-0.25, -0.2) is 0 Å². The van der Waals surface area contributed by atoms with Gasteiger partial charge in [0.25, 0.3) is 0 Å². The van der Waals surface area contributed by atoms with Crippen molar-refractivity contribution < 1.29 is 0 Å². The summed E-state index contributed by atoms with van der Waals surface area (Å²) in [4.78, 5) is 7.89. The van der Waals surface area contributed by atoms with Crippen molar-refractivity contribution in [2.75, 3.05) is 14.1 Å². The number of aromatic nitrogens is 1. The second-order valence-corrected chi connectivity index (χ2v) is 9.51. The van der Waals surface area contributed by atoms with Crippen LogP contribution in [0.15, 0.2) is 41.8 Å². The first-order valence-electron chi connectivity index (χ1n) is 9.96. The minimum Gasteiger partial charge on any atom is -0.358 e. The topological polar surface area (TPSA) is 19.0 Å². The molecule has 2 aliphatic rings. The average molecular weight is 365 g/mol. The van der Waals surface area contributed by atoms with Gasteiger partial charge in [-0.2, -0.15) is 0 Å². The fourth-order valence-corrected chi connectivity index (χ4v) is 6.81. The summed E-state index contributed by atoms with van der Waals surface area (Å²) in [5.74, 6) is 0. The predicted molar refractivity (Wildman–Crippen MR) is 111 cm³/mol. The SMILES string of the molecule is CN(C)C1(c2cccs2)CCC2(CCCc3c2[nH]c2ccccc32)CC1. The van der Waals surface area contributed by atoms with Crippen LogP contribution in [0.3, 0.4) is 0 Å². The molecule has 2 nitrogen and oxygen atoms in total.